The number of hydrogen-bond donors (Lipinski definition) is 0. The van der Waals surface area contributed by atoms with Gasteiger partial charge in [-0.3, -0.25) is 0 Å². The van der Waals surface area contributed by atoms with Gasteiger partial charge < -0.3 is 14.2 Å². The first kappa shape index (κ1) is 13.9. The molecule has 1 saturated heterocycles. The summed E-state index contributed by atoms with van der Waals surface area (Å²) in [5.41, 5.74) is 0. The van der Waals surface area contributed by atoms with E-state index in [1.807, 2.05) is 0 Å². The van der Waals surface area contributed by atoms with Crippen molar-refractivity contribution >= 4 is 22.1 Å². The highest BCUT2D eigenvalue weighted by molar-refractivity contribution is 9.09. The fraction of sp³-hybridized carbons (Fsp3) is 0.769. The molecule has 2 heterocycles. The van der Waals surface area contributed by atoms with E-state index in [4.69, 9.17) is 14.2 Å². The molecule has 0 unspecified atom stereocenters. The number of alkyl halides is 1. The first-order chi connectivity index (χ1) is 8.70. The fourth-order valence-corrected chi connectivity index (χ4v) is 3.02. The van der Waals surface area contributed by atoms with Gasteiger partial charge in [-0.05, 0) is 19.3 Å². The normalized spacial score (nSPS) is 39.1. The minimum Gasteiger partial charge on any atom is -0.434 e. The maximum absolute atomic E-state index is 11.2. The summed E-state index contributed by atoms with van der Waals surface area (Å²) in [7, 11) is 0. The van der Waals surface area contributed by atoms with Crippen LogP contribution in [0.1, 0.15) is 32.6 Å². The number of hydrogen-bond acceptors (Lipinski definition) is 4. The first-order valence-corrected chi connectivity index (χ1v) is 7.40. The second-order valence-electron chi connectivity index (χ2n) is 4.62. The van der Waals surface area contributed by atoms with Gasteiger partial charge in [0, 0.05) is 11.2 Å². The predicted molar refractivity (Wildman–Crippen MR) is 70.9 cm³/mol. The molecule has 5 heteroatoms. The molecule has 2 aliphatic rings. The molecule has 0 spiro atoms. The van der Waals surface area contributed by atoms with Crippen molar-refractivity contribution in [2.75, 3.05) is 6.61 Å². The van der Waals surface area contributed by atoms with Gasteiger partial charge in [0.1, 0.15) is 6.10 Å². The summed E-state index contributed by atoms with van der Waals surface area (Å²) >= 11 is 3.65. The van der Waals surface area contributed by atoms with E-state index in [0.29, 0.717) is 17.9 Å². The number of allylic oxidation sites excluding steroid dienone is 1. The molecule has 2 rings (SSSR count). The molecule has 0 aromatic rings. The number of ether oxygens (including phenoxy) is 3. The molecule has 0 aromatic carbocycles. The van der Waals surface area contributed by atoms with Crippen molar-refractivity contribution in [1.82, 2.24) is 0 Å². The second kappa shape index (κ2) is 6.57. The van der Waals surface area contributed by atoms with Crippen LogP contribution in [0.4, 0.5) is 4.79 Å². The van der Waals surface area contributed by atoms with Crippen molar-refractivity contribution in [3.8, 4) is 0 Å². The van der Waals surface area contributed by atoms with Crippen LogP contribution >= 0.6 is 15.9 Å². The Balaban J connectivity index is 2.03. The number of halogens is 1. The number of cyclic esters (lactones) is 2. The molecule has 4 atom stereocenters. The van der Waals surface area contributed by atoms with E-state index < -0.39 is 6.16 Å². The molecule has 4 nitrogen and oxygen atoms in total. The van der Waals surface area contributed by atoms with Crippen LogP contribution in [0.5, 0.6) is 0 Å². The standard InChI is InChI=1S/C13H19BrO4/c1-2-10-9(14)5-3-4-6-11(17-10)12-7-8-16-13(15)18-12/h3-4,9-12H,2,5-8H2,1H3/b4-3-/t9-,10+,11-,12-/m1/s1. The van der Waals surface area contributed by atoms with Gasteiger partial charge >= 0.3 is 6.16 Å². The summed E-state index contributed by atoms with van der Waals surface area (Å²) in [6, 6.07) is 0. The van der Waals surface area contributed by atoms with Gasteiger partial charge in [0.15, 0.2) is 0 Å². The molecule has 0 N–H and O–H groups in total. The van der Waals surface area contributed by atoms with Crippen molar-refractivity contribution in [3.63, 3.8) is 0 Å². The summed E-state index contributed by atoms with van der Waals surface area (Å²) < 4.78 is 16.1. The predicted octanol–water partition coefficient (Wildman–Crippen LogP) is 3.19. The fourth-order valence-electron chi connectivity index (χ4n) is 2.30. The Labute approximate surface area is 116 Å². The topological polar surface area (TPSA) is 44.8 Å². The first-order valence-electron chi connectivity index (χ1n) is 6.48. The average molecular weight is 319 g/mol. The van der Waals surface area contributed by atoms with E-state index in [9.17, 15) is 4.79 Å². The lowest BCUT2D eigenvalue weighted by Gasteiger charge is -2.34. The number of carbonyl (C=O) groups is 1. The summed E-state index contributed by atoms with van der Waals surface area (Å²) in [5, 5.41) is 0. The second-order valence-corrected chi connectivity index (χ2v) is 5.80. The molecule has 102 valence electrons. The maximum Gasteiger partial charge on any atom is 0.508 e. The van der Waals surface area contributed by atoms with E-state index in [1.54, 1.807) is 0 Å². The molecule has 1 fully saturated rings. The third-order valence-corrected chi connectivity index (χ3v) is 4.30. The molecule has 0 radical (unpaired) electrons. The van der Waals surface area contributed by atoms with Crippen LogP contribution < -0.4 is 0 Å². The van der Waals surface area contributed by atoms with E-state index in [2.05, 4.69) is 35.0 Å². The minimum atomic E-state index is -0.579. The SMILES string of the molecule is CC[C@@H]1O[C@@H]([C@H]2CCOC(=O)O2)C/C=C\C[C@H]1Br. The Morgan fingerprint density at radius 2 is 2.11 bits per heavy atom. The number of rotatable bonds is 2. The third-order valence-electron chi connectivity index (χ3n) is 3.34. The van der Waals surface area contributed by atoms with Gasteiger partial charge in [-0.1, -0.05) is 35.0 Å². The van der Waals surface area contributed by atoms with E-state index in [-0.39, 0.29) is 18.3 Å². The quantitative estimate of drug-likeness (QED) is 0.445. The zero-order valence-corrected chi connectivity index (χ0v) is 12.1. The maximum atomic E-state index is 11.2. The molecular formula is C13H19BrO4. The lowest BCUT2D eigenvalue weighted by molar-refractivity contribution is -0.115. The molecule has 0 amide bonds. The summed E-state index contributed by atoms with van der Waals surface area (Å²) in [5.74, 6) is 0. The van der Waals surface area contributed by atoms with Crippen molar-refractivity contribution in [3.05, 3.63) is 12.2 Å². The zero-order valence-electron chi connectivity index (χ0n) is 10.5. The molecule has 0 aromatic heterocycles. The Kier molecular flexibility index (Phi) is 5.06. The van der Waals surface area contributed by atoms with Crippen LogP contribution in [-0.4, -0.2) is 35.9 Å². The van der Waals surface area contributed by atoms with Gasteiger partial charge in [0.25, 0.3) is 0 Å². The van der Waals surface area contributed by atoms with Crippen LogP contribution in [0.2, 0.25) is 0 Å². The van der Waals surface area contributed by atoms with Gasteiger partial charge in [-0.25, -0.2) is 4.79 Å². The Bertz CT molecular complexity index is 318. The van der Waals surface area contributed by atoms with Gasteiger partial charge in [0.2, 0.25) is 0 Å². The molecule has 0 bridgehead atoms. The third kappa shape index (κ3) is 3.48. The average Bonchev–Trinajstić information content (AvgIpc) is 2.35. The zero-order chi connectivity index (χ0) is 13.0. The van der Waals surface area contributed by atoms with Gasteiger partial charge in [0.05, 0.1) is 18.8 Å². The summed E-state index contributed by atoms with van der Waals surface area (Å²) in [4.78, 5) is 11.5. The summed E-state index contributed by atoms with van der Waals surface area (Å²) in [6.45, 7) is 2.53. The highest BCUT2D eigenvalue weighted by Crippen LogP contribution is 2.26. The number of carbonyl (C=O) groups excluding carboxylic acids is 1. The summed E-state index contributed by atoms with van der Waals surface area (Å²) in [6.07, 6.45) is 6.98. The van der Waals surface area contributed by atoms with E-state index in [0.717, 1.165) is 19.3 Å². The lowest BCUT2D eigenvalue weighted by Crippen LogP contribution is -2.42. The monoisotopic (exact) mass is 318 g/mol. The molecular weight excluding hydrogens is 300 g/mol. The molecule has 0 saturated carbocycles. The Morgan fingerprint density at radius 1 is 1.33 bits per heavy atom. The van der Waals surface area contributed by atoms with E-state index >= 15 is 0 Å². The van der Waals surface area contributed by atoms with E-state index in [1.165, 1.54) is 0 Å². The van der Waals surface area contributed by atoms with Crippen molar-refractivity contribution in [1.29, 1.82) is 0 Å². The van der Waals surface area contributed by atoms with Crippen molar-refractivity contribution < 1.29 is 19.0 Å². The minimum absolute atomic E-state index is 0.0700. The van der Waals surface area contributed by atoms with Gasteiger partial charge in [-0.2, -0.15) is 0 Å². The van der Waals surface area contributed by atoms with Crippen molar-refractivity contribution in [2.45, 2.75) is 55.7 Å². The Morgan fingerprint density at radius 3 is 2.83 bits per heavy atom. The van der Waals surface area contributed by atoms with Crippen LogP contribution in [-0.2, 0) is 14.2 Å². The van der Waals surface area contributed by atoms with Crippen LogP contribution in [0.25, 0.3) is 0 Å². The largest absolute Gasteiger partial charge is 0.508 e. The molecule has 0 aliphatic carbocycles. The van der Waals surface area contributed by atoms with Crippen LogP contribution in [0.15, 0.2) is 12.2 Å². The van der Waals surface area contributed by atoms with Crippen molar-refractivity contribution in [2.24, 2.45) is 0 Å². The smallest absolute Gasteiger partial charge is 0.434 e. The molecule has 2 aliphatic heterocycles. The van der Waals surface area contributed by atoms with Crippen LogP contribution in [0.3, 0.4) is 0 Å². The highest BCUT2D eigenvalue weighted by atomic mass is 79.9. The van der Waals surface area contributed by atoms with Crippen LogP contribution in [0, 0.1) is 0 Å². The lowest BCUT2D eigenvalue weighted by atomic mass is 10.0. The highest BCUT2D eigenvalue weighted by Gasteiger charge is 2.33. The van der Waals surface area contributed by atoms with Gasteiger partial charge in [-0.15, -0.1) is 0 Å². The molecule has 18 heavy (non-hydrogen) atoms. The Hall–Kier alpha value is -0.550.